The van der Waals surface area contributed by atoms with Gasteiger partial charge in [0.05, 0.1) is 12.1 Å². The normalized spacial score (nSPS) is 37.3. The van der Waals surface area contributed by atoms with Gasteiger partial charge in [-0.15, -0.1) is 0 Å². The van der Waals surface area contributed by atoms with E-state index in [1.807, 2.05) is 0 Å². The largest absolute Gasteiger partial charge is 0.390 e. The second-order valence-corrected chi connectivity index (χ2v) is 9.38. The summed E-state index contributed by atoms with van der Waals surface area (Å²) in [4.78, 5) is 26.7. The highest BCUT2D eigenvalue weighted by Gasteiger charge is 2.61. The predicted octanol–water partition coefficient (Wildman–Crippen LogP) is 2.11. The number of fused-ring (bicyclic) bond motifs is 2. The molecule has 3 fully saturated rings. The van der Waals surface area contributed by atoms with Crippen molar-refractivity contribution in [2.24, 2.45) is 0 Å². The number of carbonyl (C=O) groups is 2. The third-order valence-corrected chi connectivity index (χ3v) is 6.81. The van der Waals surface area contributed by atoms with E-state index in [1.165, 1.54) is 4.90 Å². The summed E-state index contributed by atoms with van der Waals surface area (Å²) in [6, 6.07) is 4.79. The molecule has 4 aliphatic rings. The standard InChI is InChI=1S/C21H24F2N2O3/c1-19(28)7-13(8-19)24-17(26)10-25-11-20(9-16(20)22)15-6-12(21(23)4-5-21)2-3-14(15)18(25)27/h2-3,6,13,16,28H,4-5,7-11H2,1H3,(H,24,26)/t13-,16-,19-,20-/m0/s1. The molecule has 0 aromatic heterocycles. The van der Waals surface area contributed by atoms with Gasteiger partial charge in [-0.3, -0.25) is 9.59 Å². The van der Waals surface area contributed by atoms with E-state index >= 15 is 0 Å². The molecule has 150 valence electrons. The molecule has 0 radical (unpaired) electrons. The summed E-state index contributed by atoms with van der Waals surface area (Å²) in [6.07, 6.45) is 1.11. The predicted molar refractivity (Wildman–Crippen MR) is 97.3 cm³/mol. The van der Waals surface area contributed by atoms with E-state index in [0.717, 1.165) is 0 Å². The van der Waals surface area contributed by atoms with Crippen LogP contribution in [0.1, 0.15) is 60.5 Å². The first-order valence-electron chi connectivity index (χ1n) is 9.91. The molecule has 7 heteroatoms. The van der Waals surface area contributed by atoms with E-state index in [0.29, 0.717) is 48.8 Å². The second kappa shape index (κ2) is 5.53. The van der Waals surface area contributed by atoms with Gasteiger partial charge in [0.15, 0.2) is 0 Å². The van der Waals surface area contributed by atoms with Crippen LogP contribution in [0.5, 0.6) is 0 Å². The minimum absolute atomic E-state index is 0.0969. The number of hydrogen-bond acceptors (Lipinski definition) is 3. The van der Waals surface area contributed by atoms with Crippen LogP contribution in [0.3, 0.4) is 0 Å². The molecule has 0 bridgehead atoms. The van der Waals surface area contributed by atoms with E-state index < -0.39 is 22.9 Å². The van der Waals surface area contributed by atoms with Crippen molar-refractivity contribution >= 4 is 11.8 Å². The van der Waals surface area contributed by atoms with Crippen LogP contribution in [0.4, 0.5) is 8.78 Å². The molecule has 1 spiro atoms. The zero-order chi connectivity index (χ0) is 19.9. The summed E-state index contributed by atoms with van der Waals surface area (Å²) in [5.74, 6) is -0.619. The van der Waals surface area contributed by atoms with Gasteiger partial charge in [-0.05, 0) is 56.2 Å². The number of amides is 2. The third-order valence-electron chi connectivity index (χ3n) is 6.81. The highest BCUT2D eigenvalue weighted by atomic mass is 19.1. The van der Waals surface area contributed by atoms with Crippen LogP contribution in [-0.2, 0) is 15.9 Å². The Morgan fingerprint density at radius 2 is 2.00 bits per heavy atom. The Hall–Kier alpha value is -2.02. The Bertz CT molecular complexity index is 874. The summed E-state index contributed by atoms with van der Waals surface area (Å²) in [7, 11) is 0. The molecular formula is C21H24F2N2O3. The average Bonchev–Trinajstić information content (AvgIpc) is 3.49. The lowest BCUT2D eigenvalue weighted by Crippen LogP contribution is -2.56. The fourth-order valence-corrected chi connectivity index (χ4v) is 4.87. The van der Waals surface area contributed by atoms with Gasteiger partial charge < -0.3 is 15.3 Å². The van der Waals surface area contributed by atoms with E-state index in [2.05, 4.69) is 5.32 Å². The monoisotopic (exact) mass is 390 g/mol. The number of nitrogens with one attached hydrogen (secondary N) is 1. The molecule has 28 heavy (non-hydrogen) atoms. The number of carbonyl (C=O) groups excluding carboxylic acids is 2. The topological polar surface area (TPSA) is 69.6 Å². The van der Waals surface area contributed by atoms with Gasteiger partial charge in [-0.25, -0.2) is 8.78 Å². The highest BCUT2D eigenvalue weighted by Crippen LogP contribution is 2.57. The number of nitrogens with zero attached hydrogens (tertiary/aromatic N) is 1. The number of halogens is 2. The number of hydrogen-bond donors (Lipinski definition) is 2. The molecule has 5 nitrogen and oxygen atoms in total. The van der Waals surface area contributed by atoms with Crippen molar-refractivity contribution < 1.29 is 23.5 Å². The molecule has 5 rings (SSSR count). The van der Waals surface area contributed by atoms with Gasteiger partial charge in [0.25, 0.3) is 5.91 Å². The maximum Gasteiger partial charge on any atom is 0.254 e. The van der Waals surface area contributed by atoms with E-state index in [4.69, 9.17) is 0 Å². The Morgan fingerprint density at radius 1 is 1.32 bits per heavy atom. The molecule has 2 atom stereocenters. The average molecular weight is 390 g/mol. The molecule has 2 amide bonds. The second-order valence-electron chi connectivity index (χ2n) is 9.38. The fourth-order valence-electron chi connectivity index (χ4n) is 4.87. The van der Waals surface area contributed by atoms with E-state index in [1.54, 1.807) is 25.1 Å². The molecule has 1 heterocycles. The van der Waals surface area contributed by atoms with Crippen LogP contribution < -0.4 is 5.32 Å². The van der Waals surface area contributed by atoms with E-state index in [-0.39, 0.29) is 30.9 Å². The molecule has 3 aliphatic carbocycles. The smallest absolute Gasteiger partial charge is 0.254 e. The lowest BCUT2D eigenvalue weighted by atomic mass is 9.77. The lowest BCUT2D eigenvalue weighted by Gasteiger charge is -2.41. The Morgan fingerprint density at radius 3 is 2.57 bits per heavy atom. The van der Waals surface area contributed by atoms with Crippen molar-refractivity contribution in [3.63, 3.8) is 0 Å². The van der Waals surface area contributed by atoms with Crippen molar-refractivity contribution in [2.75, 3.05) is 13.1 Å². The Labute approximate surface area is 162 Å². The maximum absolute atomic E-state index is 14.5. The molecular weight excluding hydrogens is 366 g/mol. The van der Waals surface area contributed by atoms with Gasteiger partial charge in [-0.2, -0.15) is 0 Å². The summed E-state index contributed by atoms with van der Waals surface area (Å²) in [5, 5.41) is 12.6. The van der Waals surface area contributed by atoms with Crippen molar-refractivity contribution in [1.82, 2.24) is 10.2 Å². The highest BCUT2D eigenvalue weighted by molar-refractivity contribution is 6.00. The van der Waals surface area contributed by atoms with Gasteiger partial charge >= 0.3 is 0 Å². The molecule has 3 saturated carbocycles. The minimum Gasteiger partial charge on any atom is -0.390 e. The van der Waals surface area contributed by atoms with Gasteiger partial charge in [0.2, 0.25) is 5.91 Å². The summed E-state index contributed by atoms with van der Waals surface area (Å²) in [6.45, 7) is 1.72. The van der Waals surface area contributed by atoms with Crippen molar-refractivity contribution in [3.8, 4) is 0 Å². The number of aliphatic hydroxyl groups is 1. The van der Waals surface area contributed by atoms with Gasteiger partial charge in [0.1, 0.15) is 11.8 Å². The van der Waals surface area contributed by atoms with Gasteiger partial charge in [-0.1, -0.05) is 12.1 Å². The molecule has 0 unspecified atom stereocenters. The molecule has 1 aliphatic heterocycles. The summed E-state index contributed by atoms with van der Waals surface area (Å²) < 4.78 is 28.9. The molecule has 1 aromatic rings. The first-order chi connectivity index (χ1) is 13.1. The molecule has 1 aromatic carbocycles. The summed E-state index contributed by atoms with van der Waals surface area (Å²) >= 11 is 0. The van der Waals surface area contributed by atoms with Crippen LogP contribution in [0.25, 0.3) is 0 Å². The lowest BCUT2D eigenvalue weighted by molar-refractivity contribution is -0.125. The SMILES string of the molecule is C[C@]1(O)C[C@H](NC(=O)CN2C[C@@]3(C[C@@H]3F)c3cc(C4(F)CC4)ccc3C2=O)C1. The van der Waals surface area contributed by atoms with Crippen LogP contribution in [0, 0.1) is 0 Å². The maximum atomic E-state index is 14.5. The number of alkyl halides is 2. The van der Waals surface area contributed by atoms with Gasteiger partial charge in [0, 0.05) is 23.6 Å². The van der Waals surface area contributed by atoms with Crippen LogP contribution >= 0.6 is 0 Å². The van der Waals surface area contributed by atoms with E-state index in [9.17, 15) is 23.5 Å². The third kappa shape index (κ3) is 2.74. The zero-order valence-electron chi connectivity index (χ0n) is 15.8. The van der Waals surface area contributed by atoms with Crippen LogP contribution in [0.15, 0.2) is 18.2 Å². The van der Waals surface area contributed by atoms with Crippen molar-refractivity contribution in [1.29, 1.82) is 0 Å². The minimum atomic E-state index is -1.33. The Balaban J connectivity index is 1.35. The van der Waals surface area contributed by atoms with Crippen LogP contribution in [-0.4, -0.2) is 52.7 Å². The quantitative estimate of drug-likeness (QED) is 0.827. The molecule has 0 saturated heterocycles. The summed E-state index contributed by atoms with van der Waals surface area (Å²) in [5.41, 5.74) is -1.39. The first kappa shape index (κ1) is 18.0. The zero-order valence-corrected chi connectivity index (χ0v) is 15.8. The first-order valence-corrected chi connectivity index (χ1v) is 9.91. The fraction of sp³-hybridized carbons (Fsp3) is 0.619. The molecule has 2 N–H and O–H groups in total. The van der Waals surface area contributed by atoms with Crippen molar-refractivity contribution in [2.45, 2.75) is 67.9 Å². The number of rotatable bonds is 4. The van der Waals surface area contributed by atoms with Crippen LogP contribution in [0.2, 0.25) is 0 Å². The Kier molecular flexibility index (Phi) is 3.56. The van der Waals surface area contributed by atoms with Crippen molar-refractivity contribution in [3.05, 3.63) is 34.9 Å². The number of benzene rings is 1.